The van der Waals surface area contributed by atoms with E-state index in [1.165, 1.54) is 32.1 Å². The lowest BCUT2D eigenvalue weighted by Gasteiger charge is -2.21. The van der Waals surface area contributed by atoms with E-state index in [0.717, 1.165) is 5.92 Å². The van der Waals surface area contributed by atoms with E-state index >= 15 is 0 Å². The number of fused-ring (bicyclic) bond motifs is 1. The van der Waals surface area contributed by atoms with Gasteiger partial charge in [0.1, 0.15) is 0 Å². The molecule has 0 fully saturated rings. The number of rotatable bonds is 2. The second-order valence-corrected chi connectivity index (χ2v) is 3.81. The molecular weight excluding hydrogens is 146 g/mol. The highest BCUT2D eigenvalue weighted by Crippen LogP contribution is 2.34. The topological polar surface area (TPSA) is 15.8 Å². The number of aryl methyl sites for hydroxylation is 1. The summed E-state index contributed by atoms with van der Waals surface area (Å²) in [4.78, 5) is 3.23. The SMILES string of the molecule is CCCC1CCCc2c[nH]cc21. The largest absolute Gasteiger partial charge is 0.367 e. The van der Waals surface area contributed by atoms with Crippen molar-refractivity contribution < 1.29 is 0 Å². The van der Waals surface area contributed by atoms with Gasteiger partial charge in [0.25, 0.3) is 0 Å². The molecule has 0 bridgehead atoms. The number of aromatic nitrogens is 1. The van der Waals surface area contributed by atoms with Crippen LogP contribution in [-0.4, -0.2) is 4.98 Å². The van der Waals surface area contributed by atoms with Gasteiger partial charge in [-0.25, -0.2) is 0 Å². The first kappa shape index (κ1) is 7.90. The predicted molar refractivity (Wildman–Crippen MR) is 51.4 cm³/mol. The Balaban J connectivity index is 2.19. The summed E-state index contributed by atoms with van der Waals surface area (Å²) in [5.74, 6) is 0.852. The molecular formula is C11H17N. The summed E-state index contributed by atoms with van der Waals surface area (Å²) in [6.07, 6.45) is 11.1. The fraction of sp³-hybridized carbons (Fsp3) is 0.636. The molecule has 0 saturated carbocycles. The molecule has 0 radical (unpaired) electrons. The summed E-state index contributed by atoms with van der Waals surface area (Å²) in [7, 11) is 0. The van der Waals surface area contributed by atoms with Crippen molar-refractivity contribution in [3.8, 4) is 0 Å². The Morgan fingerprint density at radius 1 is 1.50 bits per heavy atom. The van der Waals surface area contributed by atoms with Gasteiger partial charge in [-0.15, -0.1) is 0 Å². The smallest absolute Gasteiger partial charge is 0.00430 e. The van der Waals surface area contributed by atoms with Crippen molar-refractivity contribution in [3.63, 3.8) is 0 Å². The molecule has 1 nitrogen and oxygen atoms in total. The molecule has 1 aromatic rings. The van der Waals surface area contributed by atoms with Crippen molar-refractivity contribution in [1.82, 2.24) is 4.98 Å². The van der Waals surface area contributed by atoms with Crippen LogP contribution in [0.2, 0.25) is 0 Å². The highest BCUT2D eigenvalue weighted by Gasteiger charge is 2.19. The second kappa shape index (κ2) is 3.34. The highest BCUT2D eigenvalue weighted by atomic mass is 14.6. The molecule has 1 aliphatic carbocycles. The van der Waals surface area contributed by atoms with Gasteiger partial charge in [0.15, 0.2) is 0 Å². The summed E-state index contributed by atoms with van der Waals surface area (Å²) in [5.41, 5.74) is 3.17. The molecule has 12 heavy (non-hydrogen) atoms. The molecule has 0 amide bonds. The van der Waals surface area contributed by atoms with E-state index < -0.39 is 0 Å². The Hall–Kier alpha value is -0.720. The standard InChI is InChI=1S/C11H17N/c1-2-4-9-5-3-6-10-7-12-8-11(9)10/h7-9,12H,2-6H2,1H3. The number of hydrogen-bond acceptors (Lipinski definition) is 0. The van der Waals surface area contributed by atoms with Crippen LogP contribution < -0.4 is 0 Å². The number of nitrogens with one attached hydrogen (secondary N) is 1. The fourth-order valence-electron chi connectivity index (χ4n) is 2.35. The third-order valence-corrected chi connectivity index (χ3v) is 2.94. The van der Waals surface area contributed by atoms with E-state index in [1.54, 1.807) is 11.1 Å². The monoisotopic (exact) mass is 163 g/mol. The molecule has 1 aliphatic rings. The number of aromatic amines is 1. The third-order valence-electron chi connectivity index (χ3n) is 2.94. The summed E-state index contributed by atoms with van der Waals surface area (Å²) >= 11 is 0. The van der Waals surface area contributed by atoms with Gasteiger partial charge >= 0.3 is 0 Å². The van der Waals surface area contributed by atoms with Crippen molar-refractivity contribution in [2.75, 3.05) is 0 Å². The van der Waals surface area contributed by atoms with Crippen LogP contribution in [0.15, 0.2) is 12.4 Å². The van der Waals surface area contributed by atoms with Crippen LogP contribution in [-0.2, 0) is 6.42 Å². The van der Waals surface area contributed by atoms with Gasteiger partial charge < -0.3 is 4.98 Å². The lowest BCUT2D eigenvalue weighted by Crippen LogP contribution is -2.06. The normalized spacial score (nSPS) is 22.2. The molecule has 1 heterocycles. The van der Waals surface area contributed by atoms with Crippen molar-refractivity contribution in [2.24, 2.45) is 0 Å². The summed E-state index contributed by atoms with van der Waals surface area (Å²) < 4.78 is 0. The minimum absolute atomic E-state index is 0.852. The number of hydrogen-bond donors (Lipinski definition) is 1. The van der Waals surface area contributed by atoms with Gasteiger partial charge in [0.2, 0.25) is 0 Å². The Morgan fingerprint density at radius 3 is 3.25 bits per heavy atom. The Morgan fingerprint density at radius 2 is 2.42 bits per heavy atom. The van der Waals surface area contributed by atoms with Gasteiger partial charge in [-0.1, -0.05) is 13.3 Å². The molecule has 1 unspecified atom stereocenters. The van der Waals surface area contributed by atoms with Crippen LogP contribution in [0.25, 0.3) is 0 Å². The minimum atomic E-state index is 0.852. The molecule has 1 N–H and O–H groups in total. The quantitative estimate of drug-likeness (QED) is 0.689. The van der Waals surface area contributed by atoms with E-state index in [2.05, 4.69) is 24.3 Å². The molecule has 1 heteroatoms. The zero-order valence-corrected chi connectivity index (χ0v) is 7.77. The average Bonchev–Trinajstić information content (AvgIpc) is 2.53. The van der Waals surface area contributed by atoms with Gasteiger partial charge in [-0.05, 0) is 42.7 Å². The van der Waals surface area contributed by atoms with Crippen LogP contribution in [0.3, 0.4) is 0 Å². The van der Waals surface area contributed by atoms with E-state index in [0.29, 0.717) is 0 Å². The van der Waals surface area contributed by atoms with Crippen LogP contribution >= 0.6 is 0 Å². The molecule has 1 aromatic heterocycles. The lowest BCUT2D eigenvalue weighted by molar-refractivity contribution is 0.517. The average molecular weight is 163 g/mol. The van der Waals surface area contributed by atoms with Gasteiger partial charge in [-0.3, -0.25) is 0 Å². The summed E-state index contributed by atoms with van der Waals surface area (Å²) in [5, 5.41) is 0. The van der Waals surface area contributed by atoms with Crippen LogP contribution in [0, 0.1) is 0 Å². The van der Waals surface area contributed by atoms with Crippen LogP contribution in [0.1, 0.15) is 49.7 Å². The number of H-pyrrole nitrogens is 1. The molecule has 2 rings (SSSR count). The zero-order chi connectivity index (χ0) is 8.39. The zero-order valence-electron chi connectivity index (χ0n) is 7.77. The predicted octanol–water partition coefficient (Wildman–Crippen LogP) is 3.23. The van der Waals surface area contributed by atoms with Crippen molar-refractivity contribution >= 4 is 0 Å². The van der Waals surface area contributed by atoms with Crippen LogP contribution in [0.5, 0.6) is 0 Å². The van der Waals surface area contributed by atoms with Gasteiger partial charge in [0.05, 0.1) is 0 Å². The maximum atomic E-state index is 3.23. The van der Waals surface area contributed by atoms with Gasteiger partial charge in [0, 0.05) is 12.4 Å². The fourth-order valence-corrected chi connectivity index (χ4v) is 2.35. The summed E-state index contributed by atoms with van der Waals surface area (Å²) in [6.45, 7) is 2.28. The molecule has 0 aromatic carbocycles. The van der Waals surface area contributed by atoms with Crippen LogP contribution in [0.4, 0.5) is 0 Å². The van der Waals surface area contributed by atoms with Crippen molar-refractivity contribution in [1.29, 1.82) is 0 Å². The molecule has 1 atom stereocenters. The van der Waals surface area contributed by atoms with Crippen molar-refractivity contribution in [3.05, 3.63) is 23.5 Å². The van der Waals surface area contributed by atoms with Gasteiger partial charge in [-0.2, -0.15) is 0 Å². The highest BCUT2D eigenvalue weighted by molar-refractivity contribution is 5.29. The molecule has 0 aliphatic heterocycles. The maximum Gasteiger partial charge on any atom is 0.00430 e. The first-order valence-electron chi connectivity index (χ1n) is 5.07. The Kier molecular flexibility index (Phi) is 2.20. The molecule has 0 spiro atoms. The van der Waals surface area contributed by atoms with E-state index in [4.69, 9.17) is 0 Å². The third kappa shape index (κ3) is 1.28. The van der Waals surface area contributed by atoms with E-state index in [9.17, 15) is 0 Å². The Bertz CT molecular complexity index is 249. The summed E-state index contributed by atoms with van der Waals surface area (Å²) in [6, 6.07) is 0. The minimum Gasteiger partial charge on any atom is -0.367 e. The lowest BCUT2D eigenvalue weighted by atomic mass is 9.83. The first-order chi connectivity index (χ1) is 5.92. The van der Waals surface area contributed by atoms with E-state index in [-0.39, 0.29) is 0 Å². The second-order valence-electron chi connectivity index (χ2n) is 3.81. The Labute approximate surface area is 74.2 Å². The first-order valence-corrected chi connectivity index (χ1v) is 5.07. The maximum absolute atomic E-state index is 3.23. The van der Waals surface area contributed by atoms with E-state index in [1.807, 2.05) is 0 Å². The molecule has 66 valence electrons. The molecule has 0 saturated heterocycles. The van der Waals surface area contributed by atoms with Crippen molar-refractivity contribution in [2.45, 2.75) is 44.9 Å².